The van der Waals surface area contributed by atoms with Crippen LogP contribution in [0.1, 0.15) is 219 Å². The van der Waals surface area contributed by atoms with Gasteiger partial charge < -0.3 is 28.6 Å². The van der Waals surface area contributed by atoms with Crippen molar-refractivity contribution in [2.45, 2.75) is 231 Å². The molecule has 0 heterocycles. The maximum atomic E-state index is 12.7. The van der Waals surface area contributed by atoms with Gasteiger partial charge in [-0.1, -0.05) is 197 Å². The lowest BCUT2D eigenvalue weighted by atomic mass is 10.0. The summed E-state index contributed by atoms with van der Waals surface area (Å²) < 4.78 is 17.2. The zero-order valence-corrected chi connectivity index (χ0v) is 40.3. The lowest BCUT2D eigenvalue weighted by Gasteiger charge is -2.34. The molecule has 0 amide bonds. The highest BCUT2D eigenvalue weighted by atomic mass is 16.6. The van der Waals surface area contributed by atoms with Gasteiger partial charge >= 0.3 is 11.9 Å². The van der Waals surface area contributed by atoms with Crippen LogP contribution in [0.2, 0.25) is 0 Å². The molecular formula is C53H95NO7. The number of likely N-dealkylation sites (N-methyl/N-ethyl adjacent to an activating group) is 1. The van der Waals surface area contributed by atoms with Gasteiger partial charge in [-0.2, -0.15) is 0 Å². The zero-order chi connectivity index (χ0) is 44.9. The molecule has 0 aromatic carbocycles. The Morgan fingerprint density at radius 3 is 1.36 bits per heavy atom. The number of ether oxygens (including phenoxy) is 3. The van der Waals surface area contributed by atoms with Crippen LogP contribution in [0.25, 0.3) is 0 Å². The van der Waals surface area contributed by atoms with Gasteiger partial charge in [0.1, 0.15) is 12.6 Å². The number of aliphatic carboxylic acids is 1. The summed E-state index contributed by atoms with van der Waals surface area (Å²) in [6.45, 7) is 4.53. The SMILES string of the molecule is CC/C=C\C/C=C\C/C=C\C/C=C\CCCCC(=O)OC(COCCC(C(=O)[O-])[N+](C)(C)C)COC(=O)CCCCCCCCCCCCCCCCCCCCCCCC. The summed E-state index contributed by atoms with van der Waals surface area (Å²) in [5.41, 5.74) is 0. The van der Waals surface area contributed by atoms with E-state index in [0.717, 1.165) is 57.8 Å². The monoisotopic (exact) mass is 858 g/mol. The van der Waals surface area contributed by atoms with Crippen molar-refractivity contribution in [2.75, 3.05) is 41.0 Å². The van der Waals surface area contributed by atoms with E-state index in [1.54, 1.807) is 21.1 Å². The summed E-state index contributed by atoms with van der Waals surface area (Å²) in [5, 5.41) is 11.6. The second kappa shape index (κ2) is 43.9. The summed E-state index contributed by atoms with van der Waals surface area (Å²) in [4.78, 5) is 37.0. The molecule has 0 fully saturated rings. The number of allylic oxidation sites excluding steroid dienone is 8. The Bertz CT molecular complexity index is 1140. The van der Waals surface area contributed by atoms with Crippen molar-refractivity contribution in [1.29, 1.82) is 0 Å². The van der Waals surface area contributed by atoms with E-state index in [2.05, 4.69) is 62.5 Å². The lowest BCUT2D eigenvalue weighted by Crippen LogP contribution is -2.55. The van der Waals surface area contributed by atoms with Crippen LogP contribution >= 0.6 is 0 Å². The number of nitrogens with zero attached hydrogens (tertiary/aromatic N) is 1. The van der Waals surface area contributed by atoms with Crippen LogP contribution < -0.4 is 5.11 Å². The standard InChI is InChI=1S/C53H95NO7/c1-6-8-10-12-14-16-18-20-22-23-24-25-26-27-28-30-31-33-35-37-39-41-43-51(55)60-48-49(47-59-46-45-50(53(57)58)54(3,4)5)61-52(56)44-42-40-38-36-34-32-29-21-19-17-15-13-11-9-7-2/h9,11,15,17,21,29,34,36,49-50H,6-8,10,12-14,16,18-20,22-28,30-33,35,37-48H2,1-5H3/b11-9-,17-15-,29-21-,36-34-. The Kier molecular flexibility index (Phi) is 42.0. The predicted octanol–water partition coefficient (Wildman–Crippen LogP) is 13.0. The van der Waals surface area contributed by atoms with Crippen LogP contribution in [-0.4, -0.2) is 75.5 Å². The summed E-state index contributed by atoms with van der Waals surface area (Å²) in [6.07, 6.45) is 53.0. The number of hydrogen-bond donors (Lipinski definition) is 0. The first-order chi connectivity index (χ1) is 29.6. The van der Waals surface area contributed by atoms with Crippen molar-refractivity contribution >= 4 is 17.9 Å². The van der Waals surface area contributed by atoms with E-state index in [9.17, 15) is 19.5 Å². The highest BCUT2D eigenvalue weighted by Crippen LogP contribution is 2.16. The van der Waals surface area contributed by atoms with E-state index in [1.807, 2.05) is 0 Å². The summed E-state index contributed by atoms with van der Waals surface area (Å²) in [6, 6.07) is -0.734. The minimum Gasteiger partial charge on any atom is -0.544 e. The van der Waals surface area contributed by atoms with Gasteiger partial charge in [-0.25, -0.2) is 0 Å². The van der Waals surface area contributed by atoms with E-state index in [4.69, 9.17) is 14.2 Å². The maximum absolute atomic E-state index is 12.7. The molecule has 0 aliphatic heterocycles. The Morgan fingerprint density at radius 1 is 0.508 bits per heavy atom. The quantitative estimate of drug-likeness (QED) is 0.0260. The Hall–Kier alpha value is -2.71. The average molecular weight is 858 g/mol. The number of carbonyl (C=O) groups excluding carboxylic acids is 3. The highest BCUT2D eigenvalue weighted by molar-refractivity contribution is 5.70. The molecule has 354 valence electrons. The third kappa shape index (κ3) is 42.4. The van der Waals surface area contributed by atoms with E-state index in [-0.39, 0.29) is 49.1 Å². The van der Waals surface area contributed by atoms with E-state index in [1.165, 1.54) is 122 Å². The first-order valence-electron chi connectivity index (χ1n) is 25.2. The van der Waals surface area contributed by atoms with Crippen molar-refractivity contribution < 1.29 is 38.2 Å². The molecule has 0 radical (unpaired) electrons. The molecule has 2 unspecified atom stereocenters. The molecule has 0 saturated carbocycles. The second-order valence-electron chi connectivity index (χ2n) is 18.0. The summed E-state index contributed by atoms with van der Waals surface area (Å²) in [7, 11) is 5.40. The minimum absolute atomic E-state index is 0.0251. The van der Waals surface area contributed by atoms with Crippen molar-refractivity contribution in [2.24, 2.45) is 0 Å². The molecule has 0 aromatic heterocycles. The topological polar surface area (TPSA) is 102 Å². The lowest BCUT2D eigenvalue weighted by molar-refractivity contribution is -0.889. The molecule has 0 aliphatic carbocycles. The molecule has 8 nitrogen and oxygen atoms in total. The third-order valence-corrected chi connectivity index (χ3v) is 11.2. The minimum atomic E-state index is -1.13. The second-order valence-corrected chi connectivity index (χ2v) is 18.0. The number of carboxylic acids is 1. The average Bonchev–Trinajstić information content (AvgIpc) is 3.22. The Balaban J connectivity index is 4.23. The highest BCUT2D eigenvalue weighted by Gasteiger charge is 2.25. The maximum Gasteiger partial charge on any atom is 0.306 e. The number of carboxylic acid groups (broad SMARTS) is 1. The van der Waals surface area contributed by atoms with Crippen LogP contribution in [-0.2, 0) is 28.6 Å². The fourth-order valence-corrected chi connectivity index (χ4v) is 7.36. The zero-order valence-electron chi connectivity index (χ0n) is 40.3. The first kappa shape index (κ1) is 58.3. The largest absolute Gasteiger partial charge is 0.544 e. The predicted molar refractivity (Wildman–Crippen MR) is 254 cm³/mol. The van der Waals surface area contributed by atoms with Gasteiger partial charge in [0.25, 0.3) is 0 Å². The number of carbonyl (C=O) groups is 3. The van der Waals surface area contributed by atoms with Gasteiger partial charge in [0.05, 0.1) is 40.3 Å². The van der Waals surface area contributed by atoms with Gasteiger partial charge in [0, 0.05) is 19.3 Å². The van der Waals surface area contributed by atoms with Crippen molar-refractivity contribution in [3.05, 3.63) is 48.6 Å². The van der Waals surface area contributed by atoms with Crippen molar-refractivity contribution in [3.8, 4) is 0 Å². The normalized spacial score (nSPS) is 13.3. The molecule has 0 N–H and O–H groups in total. The van der Waals surface area contributed by atoms with Crippen LogP contribution in [0.5, 0.6) is 0 Å². The fraction of sp³-hybridized carbons (Fsp3) is 0.792. The molecule has 0 aliphatic rings. The van der Waals surface area contributed by atoms with Crippen molar-refractivity contribution in [3.63, 3.8) is 0 Å². The van der Waals surface area contributed by atoms with Crippen LogP contribution in [0.4, 0.5) is 0 Å². The Labute approximate surface area is 376 Å². The smallest absolute Gasteiger partial charge is 0.306 e. The van der Waals surface area contributed by atoms with Crippen molar-refractivity contribution in [1.82, 2.24) is 0 Å². The third-order valence-electron chi connectivity index (χ3n) is 11.2. The molecule has 8 heteroatoms. The number of unbranched alkanes of at least 4 members (excludes halogenated alkanes) is 23. The van der Waals surface area contributed by atoms with Crippen LogP contribution in [0, 0.1) is 0 Å². The number of hydrogen-bond acceptors (Lipinski definition) is 7. The van der Waals surface area contributed by atoms with Gasteiger partial charge in [0.15, 0.2) is 6.10 Å². The molecule has 61 heavy (non-hydrogen) atoms. The van der Waals surface area contributed by atoms with E-state index in [0.29, 0.717) is 12.8 Å². The summed E-state index contributed by atoms with van der Waals surface area (Å²) >= 11 is 0. The molecule has 0 bridgehead atoms. The van der Waals surface area contributed by atoms with Gasteiger partial charge in [-0.3, -0.25) is 9.59 Å². The van der Waals surface area contributed by atoms with Gasteiger partial charge in [0.2, 0.25) is 0 Å². The van der Waals surface area contributed by atoms with E-state index >= 15 is 0 Å². The van der Waals surface area contributed by atoms with Crippen LogP contribution in [0.3, 0.4) is 0 Å². The molecule has 2 atom stereocenters. The summed E-state index contributed by atoms with van der Waals surface area (Å²) in [5.74, 6) is -1.78. The molecule has 0 saturated heterocycles. The van der Waals surface area contributed by atoms with Crippen LogP contribution in [0.15, 0.2) is 48.6 Å². The Morgan fingerprint density at radius 2 is 0.918 bits per heavy atom. The number of quaternary nitrogens is 1. The number of esters is 2. The first-order valence-corrected chi connectivity index (χ1v) is 25.2. The molecule has 0 rings (SSSR count). The molecule has 0 spiro atoms. The fourth-order valence-electron chi connectivity index (χ4n) is 7.36. The van der Waals surface area contributed by atoms with Gasteiger partial charge in [-0.15, -0.1) is 0 Å². The number of rotatable bonds is 45. The van der Waals surface area contributed by atoms with E-state index < -0.39 is 18.1 Å². The van der Waals surface area contributed by atoms with Gasteiger partial charge in [-0.05, 0) is 51.4 Å². The molecule has 0 aromatic rings. The molecular weight excluding hydrogens is 763 g/mol.